The van der Waals surface area contributed by atoms with Crippen molar-refractivity contribution in [2.24, 2.45) is 0 Å². The number of nitrogens with zero attached hydrogens (tertiary/aromatic N) is 2. The predicted molar refractivity (Wildman–Crippen MR) is 132 cm³/mol. The van der Waals surface area contributed by atoms with Crippen LogP contribution in [0, 0.1) is 18.3 Å². The van der Waals surface area contributed by atoms with Crippen LogP contribution in [0.5, 0.6) is 5.75 Å². The first kappa shape index (κ1) is 24.0. The summed E-state index contributed by atoms with van der Waals surface area (Å²) in [6.45, 7) is 1.94. The van der Waals surface area contributed by atoms with Gasteiger partial charge in [0.05, 0.1) is 27.4 Å². The van der Waals surface area contributed by atoms with E-state index in [2.05, 4.69) is 11.4 Å². The molecule has 0 unspecified atom stereocenters. The molecule has 0 radical (unpaired) electrons. The van der Waals surface area contributed by atoms with E-state index in [0.717, 1.165) is 10.5 Å². The number of ether oxygens (including phenoxy) is 1. The number of imide groups is 2. The third-order valence-corrected chi connectivity index (χ3v) is 5.80. The summed E-state index contributed by atoms with van der Waals surface area (Å²) in [6, 6.07) is 17.9. The van der Waals surface area contributed by atoms with E-state index < -0.39 is 17.8 Å². The summed E-state index contributed by atoms with van der Waals surface area (Å²) in [7, 11) is 0. The van der Waals surface area contributed by atoms with Crippen molar-refractivity contribution in [3.05, 3.63) is 98.5 Å². The minimum Gasteiger partial charge on any atom is -0.486 e. The van der Waals surface area contributed by atoms with Crippen molar-refractivity contribution in [2.75, 3.05) is 4.90 Å². The Balaban J connectivity index is 1.61. The van der Waals surface area contributed by atoms with Crippen LogP contribution in [0.1, 0.15) is 22.3 Å². The molecule has 7 nitrogen and oxygen atoms in total. The molecular formula is C26H17Cl2N3O4. The number of anilines is 1. The monoisotopic (exact) mass is 505 g/mol. The smallest absolute Gasteiger partial charge is 0.335 e. The van der Waals surface area contributed by atoms with Crippen molar-refractivity contribution in [2.45, 2.75) is 13.5 Å². The van der Waals surface area contributed by atoms with Crippen LogP contribution < -0.4 is 15.0 Å². The van der Waals surface area contributed by atoms with E-state index in [-0.39, 0.29) is 28.0 Å². The van der Waals surface area contributed by atoms with Gasteiger partial charge in [-0.15, -0.1) is 0 Å². The van der Waals surface area contributed by atoms with Crippen molar-refractivity contribution in [1.29, 1.82) is 5.26 Å². The highest BCUT2D eigenvalue weighted by molar-refractivity contribution is 6.40. The highest BCUT2D eigenvalue weighted by Gasteiger charge is 2.36. The van der Waals surface area contributed by atoms with Gasteiger partial charge in [0.15, 0.2) is 5.75 Å². The Labute approximate surface area is 211 Å². The lowest BCUT2D eigenvalue weighted by atomic mass is 10.1. The molecule has 1 aliphatic rings. The standard InChI is InChI=1S/C26H17Cl2N3O4/c1-15-6-8-19(9-7-15)31-25(33)20(24(32)30-26(31)34)10-16-11-21(27)23(22(28)12-16)35-14-18-5-3-2-4-17(18)13-29/h2-12H,14H2,1H3,(H,30,32,34)/b20-10+. The van der Waals surface area contributed by atoms with Crippen LogP contribution >= 0.6 is 23.2 Å². The van der Waals surface area contributed by atoms with Gasteiger partial charge in [-0.25, -0.2) is 9.69 Å². The van der Waals surface area contributed by atoms with Crippen LogP contribution in [0.4, 0.5) is 10.5 Å². The molecule has 4 amide bonds. The van der Waals surface area contributed by atoms with Crippen molar-refractivity contribution < 1.29 is 19.1 Å². The summed E-state index contributed by atoms with van der Waals surface area (Å²) in [5, 5.41) is 11.7. The molecule has 1 saturated heterocycles. The molecule has 1 N–H and O–H groups in total. The number of carbonyl (C=O) groups is 3. The van der Waals surface area contributed by atoms with E-state index in [9.17, 15) is 19.6 Å². The molecule has 0 saturated carbocycles. The van der Waals surface area contributed by atoms with Gasteiger partial charge in [0.1, 0.15) is 12.2 Å². The molecule has 3 aromatic rings. The van der Waals surface area contributed by atoms with Crippen LogP contribution in [-0.4, -0.2) is 17.8 Å². The minimum atomic E-state index is -0.835. The summed E-state index contributed by atoms with van der Waals surface area (Å²) in [5.41, 5.74) is 2.52. The first-order chi connectivity index (χ1) is 16.8. The van der Waals surface area contributed by atoms with Crippen LogP contribution in [0.2, 0.25) is 10.0 Å². The van der Waals surface area contributed by atoms with Gasteiger partial charge in [0.25, 0.3) is 11.8 Å². The van der Waals surface area contributed by atoms with Crippen LogP contribution in [0.15, 0.2) is 66.2 Å². The summed E-state index contributed by atoms with van der Waals surface area (Å²) in [6.07, 6.45) is 1.30. The number of amides is 4. The molecule has 1 fully saturated rings. The van der Waals surface area contributed by atoms with E-state index >= 15 is 0 Å². The fourth-order valence-corrected chi connectivity index (χ4v) is 4.07. The molecular weight excluding hydrogens is 489 g/mol. The number of urea groups is 1. The van der Waals surface area contributed by atoms with Crippen molar-refractivity contribution in [3.8, 4) is 11.8 Å². The average Bonchev–Trinajstić information content (AvgIpc) is 2.82. The first-order valence-corrected chi connectivity index (χ1v) is 11.1. The lowest BCUT2D eigenvalue weighted by Crippen LogP contribution is -2.54. The number of nitrogens with one attached hydrogen (secondary N) is 1. The number of carbonyl (C=O) groups excluding carboxylic acids is 3. The van der Waals surface area contributed by atoms with Crippen molar-refractivity contribution in [3.63, 3.8) is 0 Å². The maximum atomic E-state index is 13.1. The van der Waals surface area contributed by atoms with Gasteiger partial charge in [-0.05, 0) is 48.9 Å². The topological polar surface area (TPSA) is 99.5 Å². The predicted octanol–water partition coefficient (Wildman–Crippen LogP) is 5.42. The zero-order valence-electron chi connectivity index (χ0n) is 18.3. The number of hydrogen-bond donors (Lipinski definition) is 1. The molecule has 0 spiro atoms. The zero-order chi connectivity index (χ0) is 25.1. The molecule has 0 aliphatic carbocycles. The Morgan fingerprint density at radius 2 is 1.69 bits per heavy atom. The lowest BCUT2D eigenvalue weighted by Gasteiger charge is -2.26. The van der Waals surface area contributed by atoms with Gasteiger partial charge in [-0.1, -0.05) is 59.1 Å². The Morgan fingerprint density at radius 1 is 1.03 bits per heavy atom. The minimum absolute atomic E-state index is 0.0676. The Hall–Kier alpha value is -4.12. The normalized spacial score (nSPS) is 14.6. The highest BCUT2D eigenvalue weighted by atomic mass is 35.5. The van der Waals surface area contributed by atoms with E-state index in [1.807, 2.05) is 6.92 Å². The highest BCUT2D eigenvalue weighted by Crippen LogP contribution is 2.36. The quantitative estimate of drug-likeness (QED) is 0.368. The summed E-state index contributed by atoms with van der Waals surface area (Å²) in [4.78, 5) is 38.7. The molecule has 1 aliphatic heterocycles. The van der Waals surface area contributed by atoms with Crippen LogP contribution in [0.25, 0.3) is 6.08 Å². The van der Waals surface area contributed by atoms with Crippen LogP contribution in [0.3, 0.4) is 0 Å². The average molecular weight is 506 g/mol. The van der Waals surface area contributed by atoms with Gasteiger partial charge >= 0.3 is 6.03 Å². The number of benzene rings is 3. The van der Waals surface area contributed by atoms with Gasteiger partial charge in [0, 0.05) is 5.56 Å². The lowest BCUT2D eigenvalue weighted by molar-refractivity contribution is -0.122. The number of hydrogen-bond acceptors (Lipinski definition) is 5. The maximum Gasteiger partial charge on any atom is 0.335 e. The molecule has 35 heavy (non-hydrogen) atoms. The van der Waals surface area contributed by atoms with Gasteiger partial charge in [-0.2, -0.15) is 5.26 Å². The second-order valence-electron chi connectivity index (χ2n) is 7.66. The van der Waals surface area contributed by atoms with E-state index in [4.69, 9.17) is 27.9 Å². The summed E-state index contributed by atoms with van der Waals surface area (Å²) >= 11 is 12.7. The fraction of sp³-hybridized carbons (Fsp3) is 0.0769. The number of nitriles is 1. The molecule has 0 atom stereocenters. The number of rotatable bonds is 5. The third-order valence-electron chi connectivity index (χ3n) is 5.24. The second kappa shape index (κ2) is 10.0. The Bertz CT molecular complexity index is 1400. The molecule has 0 aromatic heterocycles. The van der Waals surface area contributed by atoms with Gasteiger partial charge in [-0.3, -0.25) is 14.9 Å². The summed E-state index contributed by atoms with van der Waals surface area (Å²) < 4.78 is 5.75. The SMILES string of the molecule is Cc1ccc(N2C(=O)NC(=O)/C(=C\c3cc(Cl)c(OCc4ccccc4C#N)c(Cl)c3)C2=O)cc1. The Morgan fingerprint density at radius 3 is 2.34 bits per heavy atom. The molecule has 4 rings (SSSR count). The first-order valence-electron chi connectivity index (χ1n) is 10.4. The molecule has 1 heterocycles. The van der Waals surface area contributed by atoms with E-state index in [1.165, 1.54) is 18.2 Å². The largest absolute Gasteiger partial charge is 0.486 e. The van der Waals surface area contributed by atoms with Crippen LogP contribution in [-0.2, 0) is 16.2 Å². The zero-order valence-corrected chi connectivity index (χ0v) is 19.9. The third kappa shape index (κ3) is 5.04. The number of aryl methyl sites for hydroxylation is 1. The second-order valence-corrected chi connectivity index (χ2v) is 8.48. The number of halogens is 2. The molecule has 0 bridgehead atoms. The molecule has 3 aromatic carbocycles. The van der Waals surface area contributed by atoms with Crippen molar-refractivity contribution in [1.82, 2.24) is 5.32 Å². The molecule has 9 heteroatoms. The van der Waals surface area contributed by atoms with E-state index in [0.29, 0.717) is 22.4 Å². The van der Waals surface area contributed by atoms with Gasteiger partial charge < -0.3 is 4.74 Å². The van der Waals surface area contributed by atoms with Crippen molar-refractivity contribution >= 4 is 52.8 Å². The van der Waals surface area contributed by atoms with E-state index in [1.54, 1.807) is 48.5 Å². The fourth-order valence-electron chi connectivity index (χ4n) is 3.46. The Kier molecular flexibility index (Phi) is 6.87. The maximum absolute atomic E-state index is 13.1. The molecule has 174 valence electrons. The number of barbiturate groups is 1. The summed E-state index contributed by atoms with van der Waals surface area (Å²) in [5.74, 6) is -1.41. The van der Waals surface area contributed by atoms with Gasteiger partial charge in [0.2, 0.25) is 0 Å².